The minimum atomic E-state index is -4.57. The van der Waals surface area contributed by atoms with Crippen molar-refractivity contribution in [3.05, 3.63) is 48.2 Å². The van der Waals surface area contributed by atoms with Crippen molar-refractivity contribution in [1.82, 2.24) is 10.1 Å². The van der Waals surface area contributed by atoms with E-state index in [1.165, 1.54) is 37.6 Å². The number of hydrogen-bond donors (Lipinski definition) is 1. The van der Waals surface area contributed by atoms with E-state index in [4.69, 9.17) is 9.26 Å². The molecule has 124 valence electrons. The van der Waals surface area contributed by atoms with E-state index in [0.717, 1.165) is 6.07 Å². The van der Waals surface area contributed by atoms with Gasteiger partial charge >= 0.3 is 6.18 Å². The molecule has 3 rings (SSSR count). The SMILES string of the molecule is COc1ccc(O)c(-c2cc(-c3ncccc3C(F)(F)F)on2)c1. The number of hydrogen-bond acceptors (Lipinski definition) is 5. The van der Waals surface area contributed by atoms with Gasteiger partial charge in [-0.05, 0) is 30.3 Å². The van der Waals surface area contributed by atoms with Gasteiger partial charge in [0.1, 0.15) is 22.9 Å². The summed E-state index contributed by atoms with van der Waals surface area (Å²) < 4.78 is 49.3. The number of nitrogens with zero attached hydrogens (tertiary/aromatic N) is 2. The summed E-state index contributed by atoms with van der Waals surface area (Å²) in [6.07, 6.45) is -3.34. The second kappa shape index (κ2) is 5.88. The molecule has 0 spiro atoms. The van der Waals surface area contributed by atoms with E-state index in [0.29, 0.717) is 5.75 Å². The Morgan fingerprint density at radius 1 is 1.17 bits per heavy atom. The molecule has 3 aromatic rings. The molecule has 5 nitrogen and oxygen atoms in total. The van der Waals surface area contributed by atoms with Crippen molar-refractivity contribution >= 4 is 0 Å². The molecule has 0 amide bonds. The number of ether oxygens (including phenoxy) is 1. The van der Waals surface area contributed by atoms with Gasteiger partial charge < -0.3 is 14.4 Å². The third-order valence-electron chi connectivity index (χ3n) is 3.34. The monoisotopic (exact) mass is 336 g/mol. The van der Waals surface area contributed by atoms with Crippen molar-refractivity contribution in [2.24, 2.45) is 0 Å². The van der Waals surface area contributed by atoms with Crippen molar-refractivity contribution in [3.8, 4) is 34.2 Å². The fraction of sp³-hybridized carbons (Fsp3) is 0.125. The molecule has 24 heavy (non-hydrogen) atoms. The lowest BCUT2D eigenvalue weighted by atomic mass is 10.1. The van der Waals surface area contributed by atoms with Gasteiger partial charge in [-0.15, -0.1) is 0 Å². The number of aromatic nitrogens is 2. The van der Waals surface area contributed by atoms with Crippen LogP contribution in [0.5, 0.6) is 11.5 Å². The summed E-state index contributed by atoms with van der Waals surface area (Å²) in [6, 6.07) is 7.82. The van der Waals surface area contributed by atoms with Crippen LogP contribution in [0.25, 0.3) is 22.7 Å². The van der Waals surface area contributed by atoms with Crippen LogP contribution in [0.4, 0.5) is 13.2 Å². The summed E-state index contributed by atoms with van der Waals surface area (Å²) in [5.74, 6) is 0.203. The molecule has 0 unspecified atom stereocenters. The maximum Gasteiger partial charge on any atom is 0.418 e. The van der Waals surface area contributed by atoms with Crippen LogP contribution in [0.1, 0.15) is 5.56 Å². The van der Waals surface area contributed by atoms with E-state index in [9.17, 15) is 18.3 Å². The van der Waals surface area contributed by atoms with Gasteiger partial charge in [0.2, 0.25) is 0 Å². The van der Waals surface area contributed by atoms with Gasteiger partial charge in [-0.25, -0.2) is 0 Å². The molecular weight excluding hydrogens is 325 g/mol. The van der Waals surface area contributed by atoms with Crippen molar-refractivity contribution in [2.45, 2.75) is 6.18 Å². The number of alkyl halides is 3. The Bertz CT molecular complexity index is 875. The fourth-order valence-corrected chi connectivity index (χ4v) is 2.19. The largest absolute Gasteiger partial charge is 0.507 e. The number of methoxy groups -OCH3 is 1. The van der Waals surface area contributed by atoms with E-state index in [-0.39, 0.29) is 28.5 Å². The van der Waals surface area contributed by atoms with Gasteiger partial charge in [0, 0.05) is 17.8 Å². The highest BCUT2D eigenvalue weighted by Crippen LogP contribution is 2.38. The fourth-order valence-electron chi connectivity index (χ4n) is 2.19. The number of phenolic OH excluding ortho intramolecular Hbond substituents is 1. The van der Waals surface area contributed by atoms with E-state index in [1.807, 2.05) is 0 Å². The summed E-state index contributed by atoms with van der Waals surface area (Å²) in [5, 5.41) is 13.6. The molecule has 1 N–H and O–H groups in total. The van der Waals surface area contributed by atoms with Crippen LogP contribution in [-0.4, -0.2) is 22.4 Å². The van der Waals surface area contributed by atoms with E-state index in [2.05, 4.69) is 10.1 Å². The van der Waals surface area contributed by atoms with Crippen LogP contribution in [0.3, 0.4) is 0 Å². The molecule has 0 saturated heterocycles. The minimum absolute atomic E-state index is 0.104. The van der Waals surface area contributed by atoms with E-state index >= 15 is 0 Å². The number of rotatable bonds is 3. The summed E-state index contributed by atoms with van der Waals surface area (Å²) in [6.45, 7) is 0. The molecule has 2 heterocycles. The lowest BCUT2D eigenvalue weighted by Crippen LogP contribution is -2.07. The van der Waals surface area contributed by atoms with Gasteiger partial charge in [-0.1, -0.05) is 5.16 Å². The van der Waals surface area contributed by atoms with Crippen LogP contribution >= 0.6 is 0 Å². The minimum Gasteiger partial charge on any atom is -0.507 e. The highest BCUT2D eigenvalue weighted by Gasteiger charge is 2.35. The molecule has 0 radical (unpaired) electrons. The maximum atomic E-state index is 13.1. The van der Waals surface area contributed by atoms with Crippen LogP contribution in [0.15, 0.2) is 47.1 Å². The van der Waals surface area contributed by atoms with Crippen LogP contribution in [-0.2, 0) is 6.18 Å². The Kier molecular flexibility index (Phi) is 3.88. The lowest BCUT2D eigenvalue weighted by Gasteiger charge is -2.08. The number of halogens is 3. The topological polar surface area (TPSA) is 68.4 Å². The summed E-state index contributed by atoms with van der Waals surface area (Å²) in [5.41, 5.74) is -0.859. The standard InChI is InChI=1S/C16H11F3N2O3/c1-23-9-4-5-13(22)10(7-9)12-8-14(24-21-12)15-11(16(17,18)19)3-2-6-20-15/h2-8,22H,1H3. The Hall–Kier alpha value is -3.03. The molecule has 0 atom stereocenters. The summed E-state index contributed by atoms with van der Waals surface area (Å²) >= 11 is 0. The summed E-state index contributed by atoms with van der Waals surface area (Å²) in [7, 11) is 1.45. The van der Waals surface area contributed by atoms with Crippen LogP contribution in [0.2, 0.25) is 0 Å². The van der Waals surface area contributed by atoms with Crippen molar-refractivity contribution in [1.29, 1.82) is 0 Å². The van der Waals surface area contributed by atoms with Gasteiger partial charge in [0.15, 0.2) is 5.76 Å². The Morgan fingerprint density at radius 3 is 2.67 bits per heavy atom. The van der Waals surface area contributed by atoms with Crippen LogP contribution < -0.4 is 4.74 Å². The molecule has 0 saturated carbocycles. The highest BCUT2D eigenvalue weighted by atomic mass is 19.4. The third kappa shape index (κ3) is 2.90. The van der Waals surface area contributed by atoms with Gasteiger partial charge in [0.05, 0.1) is 12.7 Å². The van der Waals surface area contributed by atoms with E-state index < -0.39 is 11.7 Å². The van der Waals surface area contributed by atoms with Gasteiger partial charge in [-0.2, -0.15) is 13.2 Å². The number of pyridine rings is 1. The maximum absolute atomic E-state index is 13.1. The second-order valence-corrected chi connectivity index (χ2v) is 4.86. The highest BCUT2D eigenvalue weighted by molar-refractivity contribution is 5.72. The predicted molar refractivity (Wildman–Crippen MR) is 78.4 cm³/mol. The molecule has 0 bridgehead atoms. The van der Waals surface area contributed by atoms with E-state index in [1.54, 1.807) is 6.07 Å². The van der Waals surface area contributed by atoms with Crippen molar-refractivity contribution in [3.63, 3.8) is 0 Å². The quantitative estimate of drug-likeness (QED) is 0.779. The first-order valence-electron chi connectivity index (χ1n) is 6.77. The third-order valence-corrected chi connectivity index (χ3v) is 3.34. The summed E-state index contributed by atoms with van der Waals surface area (Å²) in [4.78, 5) is 3.74. The first-order valence-corrected chi connectivity index (χ1v) is 6.77. The lowest BCUT2D eigenvalue weighted by molar-refractivity contribution is -0.137. The van der Waals surface area contributed by atoms with Crippen molar-refractivity contribution in [2.75, 3.05) is 7.11 Å². The zero-order valence-electron chi connectivity index (χ0n) is 12.3. The van der Waals surface area contributed by atoms with Crippen LogP contribution in [0, 0.1) is 0 Å². The average molecular weight is 336 g/mol. The molecule has 2 aromatic heterocycles. The molecule has 0 aliphatic carbocycles. The Balaban J connectivity index is 2.07. The number of aromatic hydroxyl groups is 1. The normalized spacial score (nSPS) is 11.5. The smallest absolute Gasteiger partial charge is 0.418 e. The second-order valence-electron chi connectivity index (χ2n) is 4.86. The molecule has 1 aromatic carbocycles. The zero-order valence-corrected chi connectivity index (χ0v) is 12.3. The Morgan fingerprint density at radius 2 is 1.96 bits per heavy atom. The Labute approximate surface area is 134 Å². The molecule has 0 aliphatic heterocycles. The molecule has 0 fully saturated rings. The van der Waals surface area contributed by atoms with Crippen molar-refractivity contribution < 1.29 is 27.5 Å². The molecule has 8 heteroatoms. The molecule has 0 aliphatic rings. The predicted octanol–water partition coefficient (Wildman–Crippen LogP) is 4.14. The molecular formula is C16H11F3N2O3. The average Bonchev–Trinajstić information content (AvgIpc) is 3.04. The first-order chi connectivity index (χ1) is 11.4. The van der Waals surface area contributed by atoms with Gasteiger partial charge in [-0.3, -0.25) is 4.98 Å². The first kappa shape index (κ1) is 15.9. The zero-order chi connectivity index (χ0) is 17.3. The van der Waals surface area contributed by atoms with Gasteiger partial charge in [0.25, 0.3) is 0 Å². The number of benzene rings is 1. The number of phenols is 1.